The van der Waals surface area contributed by atoms with Crippen LogP contribution in [-0.4, -0.2) is 25.5 Å². The molecule has 0 spiro atoms. The summed E-state index contributed by atoms with van der Waals surface area (Å²) >= 11 is 0. The molecular weight excluding hydrogens is 356 g/mol. The van der Waals surface area contributed by atoms with E-state index in [-0.39, 0.29) is 24.1 Å². The Morgan fingerprint density at radius 2 is 2.11 bits per heavy atom. The molecule has 0 unspecified atom stereocenters. The monoisotopic (exact) mass is 373 g/mol. The third-order valence-electron chi connectivity index (χ3n) is 4.15. The number of halogens is 2. The zero-order chi connectivity index (χ0) is 18.8. The first-order valence-electron chi connectivity index (χ1n) is 8.52. The summed E-state index contributed by atoms with van der Waals surface area (Å²) < 4.78 is 34.8. The molecule has 1 N–H and O–H groups in total. The van der Waals surface area contributed by atoms with Crippen molar-refractivity contribution in [2.75, 3.05) is 5.32 Å². The van der Waals surface area contributed by atoms with Crippen LogP contribution in [0.1, 0.15) is 23.3 Å². The third kappa shape index (κ3) is 4.30. The van der Waals surface area contributed by atoms with Crippen LogP contribution in [-0.2, 0) is 13.3 Å². The van der Waals surface area contributed by atoms with Gasteiger partial charge in [0, 0.05) is 25.0 Å². The van der Waals surface area contributed by atoms with Crippen LogP contribution in [0.3, 0.4) is 0 Å². The summed E-state index contributed by atoms with van der Waals surface area (Å²) in [6.07, 6.45) is 7.37. The highest BCUT2D eigenvalue weighted by atomic mass is 19.1. The molecule has 1 fully saturated rings. The number of amides is 1. The van der Waals surface area contributed by atoms with E-state index in [0.29, 0.717) is 11.6 Å². The molecule has 0 atom stereocenters. The average molecular weight is 373 g/mol. The number of hydrogen-bond donors (Lipinski definition) is 1. The maximum Gasteiger partial charge on any atom is 0.276 e. The first kappa shape index (κ1) is 17.2. The van der Waals surface area contributed by atoms with Crippen LogP contribution in [0.15, 0.2) is 42.9 Å². The highest BCUT2D eigenvalue weighted by Gasteiger charge is 2.22. The molecule has 1 aliphatic rings. The van der Waals surface area contributed by atoms with E-state index in [1.165, 1.54) is 35.9 Å². The lowest BCUT2D eigenvalue weighted by Gasteiger charge is -2.07. The minimum Gasteiger partial charge on any atom is -0.468 e. The van der Waals surface area contributed by atoms with Gasteiger partial charge in [-0.25, -0.2) is 13.5 Å². The van der Waals surface area contributed by atoms with Crippen molar-refractivity contribution in [2.24, 2.45) is 5.92 Å². The SMILES string of the molecule is O=C(Nc1cnn(CC2CC2)c1)c1ccn(COc2ccc(F)cc2F)n1. The van der Waals surface area contributed by atoms with Gasteiger partial charge in [-0.3, -0.25) is 9.48 Å². The normalized spacial score (nSPS) is 13.6. The number of benzene rings is 1. The smallest absolute Gasteiger partial charge is 0.276 e. The lowest BCUT2D eigenvalue weighted by Crippen LogP contribution is -2.14. The van der Waals surface area contributed by atoms with Gasteiger partial charge in [-0.15, -0.1) is 0 Å². The molecule has 1 aromatic carbocycles. The summed E-state index contributed by atoms with van der Waals surface area (Å²) in [4.78, 5) is 12.3. The van der Waals surface area contributed by atoms with Gasteiger partial charge >= 0.3 is 0 Å². The predicted octanol–water partition coefficient (Wildman–Crippen LogP) is 3.06. The Labute approximate surface area is 153 Å². The molecule has 27 heavy (non-hydrogen) atoms. The molecule has 0 saturated heterocycles. The van der Waals surface area contributed by atoms with Crippen molar-refractivity contribution in [1.82, 2.24) is 19.6 Å². The highest BCUT2D eigenvalue weighted by molar-refractivity contribution is 6.02. The Hall–Kier alpha value is -3.23. The second kappa shape index (κ2) is 7.18. The molecular formula is C18H17F2N5O2. The largest absolute Gasteiger partial charge is 0.468 e. The lowest BCUT2D eigenvalue weighted by molar-refractivity contribution is 0.102. The van der Waals surface area contributed by atoms with E-state index in [9.17, 15) is 13.6 Å². The van der Waals surface area contributed by atoms with Gasteiger partial charge in [-0.1, -0.05) is 0 Å². The number of carbonyl (C=O) groups is 1. The molecule has 3 aromatic rings. The van der Waals surface area contributed by atoms with E-state index in [0.717, 1.165) is 18.7 Å². The van der Waals surface area contributed by atoms with E-state index in [2.05, 4.69) is 15.5 Å². The Morgan fingerprint density at radius 1 is 1.26 bits per heavy atom. The Morgan fingerprint density at radius 3 is 2.89 bits per heavy atom. The van der Waals surface area contributed by atoms with Crippen LogP contribution in [0.5, 0.6) is 5.75 Å². The number of rotatable bonds is 7. The molecule has 140 valence electrons. The van der Waals surface area contributed by atoms with Crippen LogP contribution in [0.2, 0.25) is 0 Å². The maximum absolute atomic E-state index is 13.5. The Bertz CT molecular complexity index is 964. The zero-order valence-corrected chi connectivity index (χ0v) is 14.3. The topological polar surface area (TPSA) is 74.0 Å². The number of hydrogen-bond acceptors (Lipinski definition) is 4. The lowest BCUT2D eigenvalue weighted by atomic mass is 10.3. The van der Waals surface area contributed by atoms with Crippen molar-refractivity contribution in [3.05, 3.63) is 60.2 Å². The van der Waals surface area contributed by atoms with Gasteiger partial charge in [0.1, 0.15) is 5.82 Å². The summed E-state index contributed by atoms with van der Waals surface area (Å²) in [5, 5.41) is 11.0. The van der Waals surface area contributed by atoms with E-state index in [1.807, 2.05) is 4.68 Å². The third-order valence-corrected chi connectivity index (χ3v) is 4.15. The van der Waals surface area contributed by atoms with Crippen LogP contribution in [0.4, 0.5) is 14.5 Å². The Balaban J connectivity index is 1.33. The number of carbonyl (C=O) groups excluding carboxylic acids is 1. The molecule has 0 aliphatic heterocycles. The van der Waals surface area contributed by atoms with Crippen LogP contribution in [0.25, 0.3) is 0 Å². The standard InChI is InChI=1S/C18H17F2N5O2/c19-13-3-4-17(15(20)7-13)27-11-24-6-5-16(23-24)18(26)22-14-8-21-25(10-14)9-12-1-2-12/h3-8,10,12H,1-2,9,11H2,(H,22,26). The fourth-order valence-corrected chi connectivity index (χ4v) is 2.57. The minimum absolute atomic E-state index is 0.0963. The van der Waals surface area contributed by atoms with Gasteiger partial charge in [0.15, 0.2) is 24.0 Å². The van der Waals surface area contributed by atoms with Crippen molar-refractivity contribution in [2.45, 2.75) is 26.1 Å². The second-order valence-corrected chi connectivity index (χ2v) is 6.44. The van der Waals surface area contributed by atoms with Crippen molar-refractivity contribution in [3.63, 3.8) is 0 Å². The minimum atomic E-state index is -0.802. The van der Waals surface area contributed by atoms with Crippen molar-refractivity contribution in [3.8, 4) is 5.75 Å². The van der Waals surface area contributed by atoms with Crippen LogP contribution >= 0.6 is 0 Å². The fourth-order valence-electron chi connectivity index (χ4n) is 2.57. The summed E-state index contributed by atoms with van der Waals surface area (Å²) in [6, 6.07) is 4.56. The maximum atomic E-state index is 13.5. The summed E-state index contributed by atoms with van der Waals surface area (Å²) in [7, 11) is 0. The van der Waals surface area contributed by atoms with Gasteiger partial charge in [-0.05, 0) is 37.0 Å². The first-order valence-corrected chi connectivity index (χ1v) is 8.52. The molecule has 1 aliphatic carbocycles. The molecule has 1 saturated carbocycles. The quantitative estimate of drug-likeness (QED) is 0.691. The molecule has 9 heteroatoms. The summed E-state index contributed by atoms with van der Waals surface area (Å²) in [6.45, 7) is 0.747. The van der Waals surface area contributed by atoms with Crippen molar-refractivity contribution in [1.29, 1.82) is 0 Å². The average Bonchev–Trinajstić information content (AvgIpc) is 3.14. The molecule has 2 heterocycles. The van der Waals surface area contributed by atoms with E-state index in [4.69, 9.17) is 4.74 Å². The molecule has 4 rings (SSSR count). The Kier molecular flexibility index (Phi) is 4.57. The summed E-state index contributed by atoms with van der Waals surface area (Å²) in [5.41, 5.74) is 0.785. The number of nitrogens with one attached hydrogen (secondary N) is 1. The van der Waals surface area contributed by atoms with Gasteiger partial charge < -0.3 is 10.1 Å². The van der Waals surface area contributed by atoms with Gasteiger partial charge in [0.05, 0.1) is 11.9 Å². The first-order chi connectivity index (χ1) is 13.1. The van der Waals surface area contributed by atoms with Gasteiger partial charge in [-0.2, -0.15) is 10.2 Å². The fraction of sp³-hybridized carbons (Fsp3) is 0.278. The number of aromatic nitrogens is 4. The number of nitrogens with zero attached hydrogens (tertiary/aromatic N) is 4. The molecule has 0 radical (unpaired) electrons. The van der Waals surface area contributed by atoms with Crippen LogP contribution < -0.4 is 10.1 Å². The van der Waals surface area contributed by atoms with Crippen molar-refractivity contribution < 1.29 is 18.3 Å². The van der Waals surface area contributed by atoms with Crippen molar-refractivity contribution >= 4 is 11.6 Å². The molecule has 7 nitrogen and oxygen atoms in total. The summed E-state index contributed by atoms with van der Waals surface area (Å²) in [5.74, 6) is -1.27. The van der Waals surface area contributed by atoms with Gasteiger partial charge in [0.25, 0.3) is 5.91 Å². The second-order valence-electron chi connectivity index (χ2n) is 6.44. The molecule has 0 bridgehead atoms. The number of ether oxygens (including phenoxy) is 1. The number of anilines is 1. The zero-order valence-electron chi connectivity index (χ0n) is 14.3. The van der Waals surface area contributed by atoms with Gasteiger partial charge in [0.2, 0.25) is 0 Å². The predicted molar refractivity (Wildman–Crippen MR) is 92.1 cm³/mol. The van der Waals surface area contributed by atoms with E-state index in [1.54, 1.807) is 12.4 Å². The highest BCUT2D eigenvalue weighted by Crippen LogP contribution is 2.30. The molecule has 2 aromatic heterocycles. The van der Waals surface area contributed by atoms with E-state index >= 15 is 0 Å². The molecule has 1 amide bonds. The van der Waals surface area contributed by atoms with Crippen LogP contribution in [0, 0.1) is 17.6 Å². The van der Waals surface area contributed by atoms with E-state index < -0.39 is 11.6 Å².